The number of nitrogens with zero attached hydrogens (tertiary/aromatic N) is 1. The highest BCUT2D eigenvalue weighted by molar-refractivity contribution is 5.72. The van der Waals surface area contributed by atoms with E-state index >= 15 is 0 Å². The Morgan fingerprint density at radius 3 is 3.00 bits per heavy atom. The van der Waals surface area contributed by atoms with Crippen molar-refractivity contribution in [3.05, 3.63) is 0 Å². The smallest absolute Gasteiger partial charge is 0.310 e. The van der Waals surface area contributed by atoms with Crippen LogP contribution >= 0.6 is 0 Å². The summed E-state index contributed by atoms with van der Waals surface area (Å²) < 4.78 is 16.5. The van der Waals surface area contributed by atoms with Gasteiger partial charge in [0.25, 0.3) is 0 Å². The van der Waals surface area contributed by atoms with Gasteiger partial charge < -0.3 is 9.84 Å². The summed E-state index contributed by atoms with van der Waals surface area (Å²) in [5, 5.41) is 9.53. The number of ether oxygens (including phenoxy) is 1. The molecule has 0 saturated carbocycles. The molecule has 0 amide bonds. The van der Waals surface area contributed by atoms with Crippen LogP contribution in [0.15, 0.2) is 0 Å². The average Bonchev–Trinajstić information content (AvgIpc) is 2.56. The van der Waals surface area contributed by atoms with Gasteiger partial charge in [-0.2, -0.15) is 0 Å². The zero-order valence-electron chi connectivity index (χ0n) is 8.28. The van der Waals surface area contributed by atoms with Crippen molar-refractivity contribution in [2.75, 3.05) is 26.9 Å². The molecule has 2 atom stereocenters. The second kappa shape index (κ2) is 5.26. The lowest BCUT2D eigenvalue weighted by Gasteiger charge is -2.18. The van der Waals surface area contributed by atoms with Crippen molar-refractivity contribution in [3.8, 4) is 0 Å². The van der Waals surface area contributed by atoms with Crippen LogP contribution < -0.4 is 0 Å². The quantitative estimate of drug-likeness (QED) is 0.664. The Labute approximate surface area is 82.6 Å². The molecule has 2 unspecified atom stereocenters. The molecule has 0 aromatic rings. The van der Waals surface area contributed by atoms with Gasteiger partial charge in [0.05, 0.1) is 19.7 Å². The van der Waals surface area contributed by atoms with E-state index in [4.69, 9.17) is 0 Å². The molecule has 1 saturated heterocycles. The minimum Gasteiger partial charge on any atom is -0.469 e. The van der Waals surface area contributed by atoms with E-state index < -0.39 is 12.9 Å². The predicted molar refractivity (Wildman–Crippen MR) is 48.3 cm³/mol. The van der Waals surface area contributed by atoms with Crippen molar-refractivity contribution in [1.29, 1.82) is 0 Å². The first-order valence-electron chi connectivity index (χ1n) is 4.75. The van der Waals surface area contributed by atoms with Gasteiger partial charge >= 0.3 is 5.97 Å². The number of aliphatic hydroxyl groups excluding tert-OH is 1. The maximum atomic E-state index is 11.9. The third-order valence-corrected chi connectivity index (χ3v) is 2.49. The minimum absolute atomic E-state index is 0.269. The van der Waals surface area contributed by atoms with Gasteiger partial charge in [-0.1, -0.05) is 0 Å². The van der Waals surface area contributed by atoms with Gasteiger partial charge in [-0.3, -0.25) is 14.1 Å². The van der Waals surface area contributed by atoms with E-state index in [1.54, 1.807) is 4.90 Å². The normalized spacial score (nSPS) is 27.9. The fraction of sp³-hybridized carbons (Fsp3) is 0.889. The molecule has 0 radical (unpaired) electrons. The van der Waals surface area contributed by atoms with E-state index in [2.05, 4.69) is 4.74 Å². The number of halogens is 1. The highest BCUT2D eigenvalue weighted by Crippen LogP contribution is 2.22. The molecule has 0 bridgehead atoms. The summed E-state index contributed by atoms with van der Waals surface area (Å²) in [7, 11) is 1.33. The summed E-state index contributed by atoms with van der Waals surface area (Å²) in [6.07, 6.45) is 0.148. The summed E-state index contributed by atoms with van der Waals surface area (Å²) in [5.74, 6) is -0.568. The Morgan fingerprint density at radius 2 is 2.43 bits per heavy atom. The molecule has 0 aromatic heterocycles. The summed E-state index contributed by atoms with van der Waals surface area (Å²) in [6, 6.07) is 0. The standard InChI is InChI=1S/C9H16FNO3/c1-14-9(13)7-5-8(12)11(6-7)4-2-3-10/h7-8,12H,2-6H2,1H3. The zero-order valence-corrected chi connectivity index (χ0v) is 8.28. The summed E-state index contributed by atoms with van der Waals surface area (Å²) in [4.78, 5) is 12.9. The first-order chi connectivity index (χ1) is 6.69. The average molecular weight is 205 g/mol. The van der Waals surface area contributed by atoms with E-state index in [9.17, 15) is 14.3 Å². The number of carbonyl (C=O) groups excluding carboxylic acids is 1. The Morgan fingerprint density at radius 1 is 1.71 bits per heavy atom. The van der Waals surface area contributed by atoms with Crippen LogP contribution in [0.5, 0.6) is 0 Å². The lowest BCUT2D eigenvalue weighted by molar-refractivity contribution is -0.145. The summed E-state index contributed by atoms with van der Waals surface area (Å²) >= 11 is 0. The molecule has 14 heavy (non-hydrogen) atoms. The van der Waals surface area contributed by atoms with Crippen LogP contribution in [0, 0.1) is 5.92 Å². The van der Waals surface area contributed by atoms with Crippen molar-refractivity contribution in [2.45, 2.75) is 19.1 Å². The zero-order chi connectivity index (χ0) is 10.6. The molecule has 1 N–H and O–H groups in total. The largest absolute Gasteiger partial charge is 0.469 e. The fourth-order valence-corrected chi connectivity index (χ4v) is 1.72. The Bertz CT molecular complexity index is 200. The molecule has 82 valence electrons. The number of rotatable bonds is 4. The molecule has 1 aliphatic rings. The van der Waals surface area contributed by atoms with Crippen molar-refractivity contribution in [2.24, 2.45) is 5.92 Å². The number of hydrogen-bond donors (Lipinski definition) is 1. The van der Waals surface area contributed by atoms with E-state index in [0.717, 1.165) is 0 Å². The van der Waals surface area contributed by atoms with Crippen LogP contribution in [0.2, 0.25) is 0 Å². The highest BCUT2D eigenvalue weighted by Gasteiger charge is 2.35. The molecule has 0 aliphatic carbocycles. The van der Waals surface area contributed by atoms with Gasteiger partial charge in [-0.15, -0.1) is 0 Å². The number of aliphatic hydroxyl groups is 1. The number of alkyl halides is 1. The SMILES string of the molecule is COC(=O)C1CC(O)N(CCCF)C1. The predicted octanol–water partition coefficient (Wildman–Crippen LogP) is 0.159. The summed E-state index contributed by atoms with van der Waals surface area (Å²) in [6.45, 7) is 0.561. The van der Waals surface area contributed by atoms with Gasteiger partial charge in [0, 0.05) is 19.5 Å². The van der Waals surface area contributed by atoms with Crippen LogP contribution in [0.4, 0.5) is 4.39 Å². The maximum Gasteiger partial charge on any atom is 0.310 e. The second-order valence-electron chi connectivity index (χ2n) is 3.47. The van der Waals surface area contributed by atoms with Crippen LogP contribution in [0.25, 0.3) is 0 Å². The third kappa shape index (κ3) is 2.65. The van der Waals surface area contributed by atoms with Gasteiger partial charge in [0.1, 0.15) is 6.23 Å². The molecule has 1 heterocycles. The van der Waals surface area contributed by atoms with Gasteiger partial charge in [0.2, 0.25) is 0 Å². The molecule has 1 aliphatic heterocycles. The molecular formula is C9H16FNO3. The van der Waals surface area contributed by atoms with Gasteiger partial charge in [0.15, 0.2) is 0 Å². The van der Waals surface area contributed by atoms with Crippen molar-refractivity contribution in [3.63, 3.8) is 0 Å². The first kappa shape index (κ1) is 11.4. The second-order valence-corrected chi connectivity index (χ2v) is 3.47. The van der Waals surface area contributed by atoms with E-state index in [-0.39, 0.29) is 11.9 Å². The lowest BCUT2D eigenvalue weighted by Crippen LogP contribution is -2.30. The summed E-state index contributed by atoms with van der Waals surface area (Å²) in [5.41, 5.74) is 0. The van der Waals surface area contributed by atoms with Crippen molar-refractivity contribution >= 4 is 5.97 Å². The van der Waals surface area contributed by atoms with E-state index in [1.807, 2.05) is 0 Å². The lowest BCUT2D eigenvalue weighted by atomic mass is 10.1. The Kier molecular flexibility index (Phi) is 4.28. The number of carbonyl (C=O) groups is 1. The number of likely N-dealkylation sites (tertiary alicyclic amines) is 1. The molecule has 0 spiro atoms. The number of esters is 1. The minimum atomic E-state index is -0.634. The fourth-order valence-electron chi connectivity index (χ4n) is 1.72. The molecule has 1 rings (SSSR count). The Hall–Kier alpha value is -0.680. The maximum absolute atomic E-state index is 11.9. The highest BCUT2D eigenvalue weighted by atomic mass is 19.1. The molecule has 4 nitrogen and oxygen atoms in total. The molecule has 0 aromatic carbocycles. The van der Waals surface area contributed by atoms with Crippen LogP contribution in [0.1, 0.15) is 12.8 Å². The third-order valence-electron chi connectivity index (χ3n) is 2.49. The molecule has 5 heteroatoms. The Balaban J connectivity index is 2.39. The van der Waals surface area contributed by atoms with Gasteiger partial charge in [-0.25, -0.2) is 0 Å². The molecule has 1 fully saturated rings. The van der Waals surface area contributed by atoms with Gasteiger partial charge in [-0.05, 0) is 6.42 Å². The first-order valence-corrected chi connectivity index (χ1v) is 4.75. The molecular weight excluding hydrogens is 189 g/mol. The monoisotopic (exact) mass is 205 g/mol. The van der Waals surface area contributed by atoms with Crippen LogP contribution in [-0.2, 0) is 9.53 Å². The van der Waals surface area contributed by atoms with Crippen molar-refractivity contribution < 1.29 is 19.0 Å². The van der Waals surface area contributed by atoms with Crippen LogP contribution in [-0.4, -0.2) is 49.1 Å². The van der Waals surface area contributed by atoms with Crippen LogP contribution in [0.3, 0.4) is 0 Å². The number of hydrogen-bond acceptors (Lipinski definition) is 4. The van der Waals surface area contributed by atoms with E-state index in [1.165, 1.54) is 7.11 Å². The number of methoxy groups -OCH3 is 1. The van der Waals surface area contributed by atoms with E-state index in [0.29, 0.717) is 25.9 Å². The topological polar surface area (TPSA) is 49.8 Å². The van der Waals surface area contributed by atoms with Crippen molar-refractivity contribution in [1.82, 2.24) is 4.90 Å².